The summed E-state index contributed by atoms with van der Waals surface area (Å²) < 4.78 is 1.28. The lowest BCUT2D eigenvalue weighted by atomic mass is 10.1. The van der Waals surface area contributed by atoms with Crippen molar-refractivity contribution < 1.29 is 0 Å². The summed E-state index contributed by atoms with van der Waals surface area (Å²) in [5.41, 5.74) is 3.82. The molecule has 0 spiro atoms. The molecule has 1 aromatic heterocycles. The summed E-state index contributed by atoms with van der Waals surface area (Å²) in [4.78, 5) is 3.51. The summed E-state index contributed by atoms with van der Waals surface area (Å²) in [6, 6.07) is 12.9. The van der Waals surface area contributed by atoms with E-state index < -0.39 is 0 Å². The van der Waals surface area contributed by atoms with E-state index in [9.17, 15) is 0 Å². The Balaban J connectivity index is 2.63. The molecule has 0 atom stereocenters. The first-order chi connectivity index (χ1) is 7.27. The van der Waals surface area contributed by atoms with Gasteiger partial charge in [0.15, 0.2) is 0 Å². The summed E-state index contributed by atoms with van der Waals surface area (Å²) in [6.07, 6.45) is 0. The molecule has 1 heterocycles. The van der Waals surface area contributed by atoms with Crippen molar-refractivity contribution in [2.75, 3.05) is 0 Å². The molecule has 0 unspecified atom stereocenters. The molecular formula is C13H10IN. The van der Waals surface area contributed by atoms with E-state index >= 15 is 0 Å². The lowest BCUT2D eigenvalue weighted by molar-refractivity contribution is 1.45. The number of aromatic amines is 1. The fourth-order valence-electron chi connectivity index (χ4n) is 2.06. The number of para-hydroxylation sites is 2. The highest BCUT2D eigenvalue weighted by Crippen LogP contribution is 2.29. The van der Waals surface area contributed by atoms with E-state index in [0.29, 0.717) is 0 Å². The van der Waals surface area contributed by atoms with Crippen LogP contribution in [0, 0.1) is 10.5 Å². The third kappa shape index (κ3) is 1.28. The molecular weight excluding hydrogens is 297 g/mol. The molecule has 0 bridgehead atoms. The van der Waals surface area contributed by atoms with Gasteiger partial charge in [0.2, 0.25) is 0 Å². The van der Waals surface area contributed by atoms with Gasteiger partial charge in [0.25, 0.3) is 0 Å². The number of hydrogen-bond donors (Lipinski definition) is 1. The van der Waals surface area contributed by atoms with Crippen LogP contribution in [0.25, 0.3) is 21.8 Å². The number of nitrogens with one attached hydrogen (secondary N) is 1. The Morgan fingerprint density at radius 3 is 2.40 bits per heavy atom. The molecule has 0 aliphatic carbocycles. The molecule has 15 heavy (non-hydrogen) atoms. The van der Waals surface area contributed by atoms with Crippen molar-refractivity contribution in [1.82, 2.24) is 4.98 Å². The zero-order valence-corrected chi connectivity index (χ0v) is 10.5. The van der Waals surface area contributed by atoms with Gasteiger partial charge in [0.05, 0.1) is 5.52 Å². The number of fused-ring (bicyclic) bond motifs is 3. The predicted octanol–water partition coefficient (Wildman–Crippen LogP) is 4.23. The Hall–Kier alpha value is -1.03. The molecule has 1 nitrogen and oxygen atoms in total. The lowest BCUT2D eigenvalue weighted by Gasteiger charge is -1.93. The summed E-state index contributed by atoms with van der Waals surface area (Å²) in [6.45, 7) is 2.14. The van der Waals surface area contributed by atoms with Crippen LogP contribution in [0.2, 0.25) is 0 Å². The third-order valence-electron chi connectivity index (χ3n) is 2.83. The van der Waals surface area contributed by atoms with Crippen molar-refractivity contribution in [3.8, 4) is 0 Å². The SMILES string of the molecule is Cc1cccc2c1[nH]c1c(I)cccc12. The molecule has 1 N–H and O–H groups in total. The van der Waals surface area contributed by atoms with E-state index in [1.807, 2.05) is 0 Å². The van der Waals surface area contributed by atoms with Crippen molar-refractivity contribution in [2.24, 2.45) is 0 Å². The number of aryl methyl sites for hydroxylation is 1. The molecule has 0 aliphatic rings. The Morgan fingerprint density at radius 1 is 0.933 bits per heavy atom. The summed E-state index contributed by atoms with van der Waals surface area (Å²) >= 11 is 2.37. The molecule has 74 valence electrons. The van der Waals surface area contributed by atoms with Crippen LogP contribution in [-0.2, 0) is 0 Å². The standard InChI is InChI=1S/C13H10IN/c1-8-4-2-5-9-10-6-3-7-11(14)13(10)15-12(8)9/h2-7,15H,1H3. The Kier molecular flexibility index (Phi) is 1.99. The fourth-order valence-corrected chi connectivity index (χ4v) is 2.69. The number of aromatic nitrogens is 1. The van der Waals surface area contributed by atoms with Gasteiger partial charge in [-0.05, 0) is 41.1 Å². The molecule has 3 aromatic rings. The highest BCUT2D eigenvalue weighted by molar-refractivity contribution is 14.1. The van der Waals surface area contributed by atoms with Gasteiger partial charge < -0.3 is 4.98 Å². The molecule has 0 aliphatic heterocycles. The number of halogens is 1. The van der Waals surface area contributed by atoms with Crippen LogP contribution in [0.5, 0.6) is 0 Å². The zero-order valence-electron chi connectivity index (χ0n) is 8.34. The van der Waals surface area contributed by atoms with Gasteiger partial charge in [-0.15, -0.1) is 0 Å². The molecule has 0 saturated carbocycles. The van der Waals surface area contributed by atoms with E-state index in [2.05, 4.69) is 70.9 Å². The Labute approximate surface area is 102 Å². The largest absolute Gasteiger partial charge is 0.353 e. The van der Waals surface area contributed by atoms with Crippen LogP contribution < -0.4 is 0 Å². The van der Waals surface area contributed by atoms with Gasteiger partial charge in [0, 0.05) is 19.9 Å². The summed E-state index contributed by atoms with van der Waals surface area (Å²) in [5.74, 6) is 0. The monoisotopic (exact) mass is 307 g/mol. The van der Waals surface area contributed by atoms with Crippen molar-refractivity contribution in [3.05, 3.63) is 45.5 Å². The van der Waals surface area contributed by atoms with Gasteiger partial charge in [-0.1, -0.05) is 30.3 Å². The van der Waals surface area contributed by atoms with E-state index in [1.54, 1.807) is 0 Å². The maximum atomic E-state index is 3.51. The second-order valence-electron chi connectivity index (χ2n) is 3.78. The normalized spacial score (nSPS) is 11.3. The Bertz CT molecular complexity index is 596. The van der Waals surface area contributed by atoms with Crippen LogP contribution in [0.3, 0.4) is 0 Å². The molecule has 2 heteroatoms. The van der Waals surface area contributed by atoms with E-state index in [0.717, 1.165) is 0 Å². The minimum absolute atomic E-state index is 1.25. The zero-order chi connectivity index (χ0) is 10.4. The summed E-state index contributed by atoms with van der Waals surface area (Å²) in [7, 11) is 0. The van der Waals surface area contributed by atoms with Crippen molar-refractivity contribution in [3.63, 3.8) is 0 Å². The average Bonchev–Trinajstić information content (AvgIpc) is 2.60. The number of hydrogen-bond acceptors (Lipinski definition) is 0. The third-order valence-corrected chi connectivity index (χ3v) is 3.73. The lowest BCUT2D eigenvalue weighted by Crippen LogP contribution is -1.74. The second-order valence-corrected chi connectivity index (χ2v) is 4.95. The number of benzene rings is 2. The van der Waals surface area contributed by atoms with Crippen molar-refractivity contribution in [2.45, 2.75) is 6.92 Å². The van der Waals surface area contributed by atoms with Crippen LogP contribution in [0.15, 0.2) is 36.4 Å². The highest BCUT2D eigenvalue weighted by Gasteiger charge is 2.06. The van der Waals surface area contributed by atoms with E-state index in [-0.39, 0.29) is 0 Å². The van der Waals surface area contributed by atoms with Crippen molar-refractivity contribution in [1.29, 1.82) is 0 Å². The minimum atomic E-state index is 1.25. The topological polar surface area (TPSA) is 15.8 Å². The first-order valence-electron chi connectivity index (χ1n) is 4.93. The van der Waals surface area contributed by atoms with Gasteiger partial charge in [-0.25, -0.2) is 0 Å². The van der Waals surface area contributed by atoms with Gasteiger partial charge in [-0.3, -0.25) is 0 Å². The van der Waals surface area contributed by atoms with E-state index in [4.69, 9.17) is 0 Å². The molecule has 2 aromatic carbocycles. The van der Waals surface area contributed by atoms with Crippen LogP contribution in [-0.4, -0.2) is 4.98 Å². The molecule has 0 amide bonds. The molecule has 0 saturated heterocycles. The highest BCUT2D eigenvalue weighted by atomic mass is 127. The molecule has 3 rings (SSSR count). The van der Waals surface area contributed by atoms with Crippen LogP contribution in [0.4, 0.5) is 0 Å². The number of rotatable bonds is 0. The minimum Gasteiger partial charge on any atom is -0.353 e. The summed E-state index contributed by atoms with van der Waals surface area (Å²) in [5, 5.41) is 2.64. The van der Waals surface area contributed by atoms with Gasteiger partial charge in [-0.2, -0.15) is 0 Å². The van der Waals surface area contributed by atoms with Gasteiger partial charge in [0.1, 0.15) is 0 Å². The maximum Gasteiger partial charge on any atom is 0.0600 e. The molecule has 0 fully saturated rings. The smallest absolute Gasteiger partial charge is 0.0600 e. The second kappa shape index (κ2) is 3.23. The number of H-pyrrole nitrogens is 1. The Morgan fingerprint density at radius 2 is 1.60 bits per heavy atom. The van der Waals surface area contributed by atoms with Gasteiger partial charge >= 0.3 is 0 Å². The fraction of sp³-hybridized carbons (Fsp3) is 0.0769. The van der Waals surface area contributed by atoms with Crippen molar-refractivity contribution >= 4 is 44.4 Å². The first-order valence-corrected chi connectivity index (χ1v) is 6.01. The van der Waals surface area contributed by atoms with Crippen LogP contribution in [0.1, 0.15) is 5.56 Å². The quantitative estimate of drug-likeness (QED) is 0.598. The van der Waals surface area contributed by atoms with E-state index in [1.165, 1.54) is 30.9 Å². The molecule has 0 radical (unpaired) electrons. The maximum absolute atomic E-state index is 3.51. The van der Waals surface area contributed by atoms with Crippen LogP contribution >= 0.6 is 22.6 Å². The first kappa shape index (κ1) is 9.21. The average molecular weight is 307 g/mol. The predicted molar refractivity (Wildman–Crippen MR) is 73.3 cm³/mol.